The zero-order chi connectivity index (χ0) is 20.8. The number of nitrogens with one attached hydrogen (secondary N) is 2. The minimum atomic E-state index is -0.476. The molecule has 0 spiro atoms. The van der Waals surface area contributed by atoms with Crippen molar-refractivity contribution < 1.29 is 14.4 Å². The van der Waals surface area contributed by atoms with E-state index in [0.717, 1.165) is 13.1 Å². The molecule has 0 aromatic heterocycles. The third-order valence-electron chi connectivity index (χ3n) is 5.53. The molecular formula is C20H26Cl2N4O3. The van der Waals surface area contributed by atoms with E-state index in [1.54, 1.807) is 11.0 Å². The van der Waals surface area contributed by atoms with Crippen molar-refractivity contribution in [2.24, 2.45) is 0 Å². The summed E-state index contributed by atoms with van der Waals surface area (Å²) >= 11 is 11.8. The van der Waals surface area contributed by atoms with Crippen LogP contribution in [-0.2, 0) is 9.59 Å². The minimum Gasteiger partial charge on any atom is -0.345 e. The zero-order valence-corrected chi connectivity index (χ0v) is 17.8. The van der Waals surface area contributed by atoms with Crippen LogP contribution in [0.25, 0.3) is 0 Å². The van der Waals surface area contributed by atoms with Crippen molar-refractivity contribution >= 4 is 40.9 Å². The van der Waals surface area contributed by atoms with Gasteiger partial charge in [0.05, 0.1) is 23.7 Å². The first-order valence-electron chi connectivity index (χ1n) is 9.96. The molecule has 1 saturated carbocycles. The quantitative estimate of drug-likeness (QED) is 0.707. The number of hydrogen-bond donors (Lipinski definition) is 2. The van der Waals surface area contributed by atoms with E-state index in [-0.39, 0.29) is 29.6 Å². The molecule has 9 heteroatoms. The van der Waals surface area contributed by atoms with Crippen LogP contribution in [0.15, 0.2) is 18.2 Å². The van der Waals surface area contributed by atoms with E-state index in [1.807, 2.05) is 0 Å². The average Bonchev–Trinajstić information content (AvgIpc) is 3.25. The summed E-state index contributed by atoms with van der Waals surface area (Å²) in [7, 11) is 0. The number of rotatable bonds is 6. The van der Waals surface area contributed by atoms with Crippen molar-refractivity contribution in [3.05, 3.63) is 33.8 Å². The van der Waals surface area contributed by atoms with Gasteiger partial charge in [-0.2, -0.15) is 0 Å². The number of hydrogen-bond acceptors (Lipinski definition) is 4. The molecule has 3 rings (SSSR count). The van der Waals surface area contributed by atoms with E-state index in [0.29, 0.717) is 24.2 Å². The van der Waals surface area contributed by atoms with Crippen molar-refractivity contribution in [3.63, 3.8) is 0 Å². The van der Waals surface area contributed by atoms with Gasteiger partial charge >= 0.3 is 0 Å². The molecule has 1 aliphatic carbocycles. The molecule has 3 amide bonds. The molecule has 1 aromatic rings. The first kappa shape index (κ1) is 21.9. The summed E-state index contributed by atoms with van der Waals surface area (Å²) in [5, 5.41) is 5.69. The van der Waals surface area contributed by atoms with Crippen molar-refractivity contribution in [2.45, 2.75) is 31.7 Å². The maximum absolute atomic E-state index is 12.3. The van der Waals surface area contributed by atoms with Crippen LogP contribution in [0.3, 0.4) is 0 Å². The van der Waals surface area contributed by atoms with Gasteiger partial charge in [-0.25, -0.2) is 0 Å². The Morgan fingerprint density at radius 2 is 1.66 bits per heavy atom. The van der Waals surface area contributed by atoms with Gasteiger partial charge in [0.15, 0.2) is 0 Å². The predicted molar refractivity (Wildman–Crippen MR) is 112 cm³/mol. The molecule has 1 aromatic carbocycles. The number of nitrogens with zero attached hydrogens (tertiary/aromatic N) is 2. The number of halogens is 2. The summed E-state index contributed by atoms with van der Waals surface area (Å²) in [6, 6.07) is 5.17. The molecule has 29 heavy (non-hydrogen) atoms. The summed E-state index contributed by atoms with van der Waals surface area (Å²) in [4.78, 5) is 40.7. The first-order chi connectivity index (χ1) is 13.9. The van der Waals surface area contributed by atoms with Crippen molar-refractivity contribution in [3.8, 4) is 0 Å². The molecule has 0 radical (unpaired) electrons. The molecule has 158 valence electrons. The van der Waals surface area contributed by atoms with Gasteiger partial charge in [0.25, 0.3) is 5.91 Å². The van der Waals surface area contributed by atoms with Gasteiger partial charge in [-0.15, -0.1) is 0 Å². The van der Waals surface area contributed by atoms with Crippen molar-refractivity contribution in [1.29, 1.82) is 0 Å². The molecule has 1 saturated heterocycles. The van der Waals surface area contributed by atoms with Gasteiger partial charge in [-0.1, -0.05) is 36.0 Å². The lowest BCUT2D eigenvalue weighted by Gasteiger charge is -2.38. The Morgan fingerprint density at radius 1 is 0.966 bits per heavy atom. The van der Waals surface area contributed by atoms with E-state index in [2.05, 4.69) is 15.5 Å². The van der Waals surface area contributed by atoms with E-state index in [1.165, 1.54) is 37.8 Å². The van der Waals surface area contributed by atoms with E-state index in [4.69, 9.17) is 23.2 Å². The third kappa shape index (κ3) is 6.07. The molecule has 0 atom stereocenters. The summed E-state index contributed by atoms with van der Waals surface area (Å²) in [6.07, 6.45) is 5.13. The van der Waals surface area contributed by atoms with Gasteiger partial charge in [0.1, 0.15) is 0 Å². The van der Waals surface area contributed by atoms with Crippen LogP contribution < -0.4 is 10.6 Å². The second-order valence-corrected chi connectivity index (χ2v) is 8.28. The number of carbonyl (C=O) groups is 3. The van der Waals surface area contributed by atoms with Crippen molar-refractivity contribution in [1.82, 2.24) is 20.4 Å². The molecule has 2 fully saturated rings. The maximum atomic E-state index is 12.3. The van der Waals surface area contributed by atoms with Crippen LogP contribution >= 0.6 is 23.2 Å². The van der Waals surface area contributed by atoms with Gasteiger partial charge < -0.3 is 15.5 Å². The van der Waals surface area contributed by atoms with Crippen LogP contribution in [0.1, 0.15) is 36.0 Å². The molecule has 0 unspecified atom stereocenters. The summed E-state index contributed by atoms with van der Waals surface area (Å²) < 4.78 is 0. The van der Waals surface area contributed by atoms with E-state index < -0.39 is 11.8 Å². The topological polar surface area (TPSA) is 81.8 Å². The van der Waals surface area contributed by atoms with Crippen LogP contribution in [0.2, 0.25) is 10.0 Å². The van der Waals surface area contributed by atoms with Crippen LogP contribution in [0.4, 0.5) is 0 Å². The lowest BCUT2D eigenvalue weighted by atomic mass is 10.2. The average molecular weight is 441 g/mol. The Hall–Kier alpha value is -1.83. The monoisotopic (exact) mass is 440 g/mol. The SMILES string of the molecule is O=C(CNC(=O)c1ccc(Cl)cc1Cl)NCC(=O)N1CCN(C2CCCC2)CC1. The summed E-state index contributed by atoms with van der Waals surface area (Å²) in [6.45, 7) is 2.86. The fourth-order valence-corrected chi connectivity index (χ4v) is 4.38. The highest BCUT2D eigenvalue weighted by atomic mass is 35.5. The number of benzene rings is 1. The Balaban J connectivity index is 1.36. The van der Waals surface area contributed by atoms with Crippen LogP contribution in [0.5, 0.6) is 0 Å². The highest BCUT2D eigenvalue weighted by Crippen LogP contribution is 2.24. The van der Waals surface area contributed by atoms with Crippen LogP contribution in [-0.4, -0.2) is 72.8 Å². The van der Waals surface area contributed by atoms with Gasteiger partial charge in [0.2, 0.25) is 11.8 Å². The highest BCUT2D eigenvalue weighted by Gasteiger charge is 2.27. The number of carbonyl (C=O) groups excluding carboxylic acids is 3. The maximum Gasteiger partial charge on any atom is 0.253 e. The van der Waals surface area contributed by atoms with Gasteiger partial charge in [-0.3, -0.25) is 19.3 Å². The minimum absolute atomic E-state index is 0.0696. The number of amides is 3. The lowest BCUT2D eigenvalue weighted by Crippen LogP contribution is -2.53. The molecule has 0 bridgehead atoms. The fourth-order valence-electron chi connectivity index (χ4n) is 3.88. The second-order valence-electron chi connectivity index (χ2n) is 7.44. The Bertz CT molecular complexity index is 760. The summed E-state index contributed by atoms with van der Waals surface area (Å²) in [5.41, 5.74) is 0.236. The lowest BCUT2D eigenvalue weighted by molar-refractivity contribution is -0.134. The number of piperazine rings is 1. The van der Waals surface area contributed by atoms with Gasteiger partial charge in [0, 0.05) is 37.2 Å². The molecular weight excluding hydrogens is 415 g/mol. The molecule has 1 heterocycles. The first-order valence-corrected chi connectivity index (χ1v) is 10.7. The highest BCUT2D eigenvalue weighted by molar-refractivity contribution is 6.36. The normalized spacial score (nSPS) is 17.9. The third-order valence-corrected chi connectivity index (χ3v) is 6.08. The Morgan fingerprint density at radius 3 is 2.31 bits per heavy atom. The zero-order valence-electron chi connectivity index (χ0n) is 16.3. The van der Waals surface area contributed by atoms with Crippen molar-refractivity contribution in [2.75, 3.05) is 39.3 Å². The Kier molecular flexibility index (Phi) is 7.75. The van der Waals surface area contributed by atoms with E-state index >= 15 is 0 Å². The van der Waals surface area contributed by atoms with Gasteiger partial charge in [-0.05, 0) is 31.0 Å². The Labute approximate surface area is 180 Å². The molecule has 2 aliphatic rings. The molecule has 1 aliphatic heterocycles. The standard InChI is InChI=1S/C20H26Cl2N4O3/c21-14-5-6-16(17(22)11-14)20(29)24-12-18(27)23-13-19(28)26-9-7-25(8-10-26)15-3-1-2-4-15/h5-6,11,15H,1-4,7-10,12-13H2,(H,23,27)(H,24,29). The van der Waals surface area contributed by atoms with E-state index in [9.17, 15) is 14.4 Å². The predicted octanol–water partition coefficient (Wildman–Crippen LogP) is 1.93. The smallest absolute Gasteiger partial charge is 0.253 e. The summed E-state index contributed by atoms with van der Waals surface area (Å²) in [5.74, 6) is -1.01. The fraction of sp³-hybridized carbons (Fsp3) is 0.550. The molecule has 2 N–H and O–H groups in total. The largest absolute Gasteiger partial charge is 0.345 e. The van der Waals surface area contributed by atoms with Crippen LogP contribution in [0, 0.1) is 0 Å². The molecule has 7 nitrogen and oxygen atoms in total. The second kappa shape index (κ2) is 10.3.